The highest BCUT2D eigenvalue weighted by Crippen LogP contribution is 2.45. The van der Waals surface area contributed by atoms with Gasteiger partial charge in [0.1, 0.15) is 0 Å². The molecule has 1 aliphatic carbocycles. The normalized spacial score (nSPS) is 26.6. The van der Waals surface area contributed by atoms with Crippen molar-refractivity contribution in [3.63, 3.8) is 0 Å². The van der Waals surface area contributed by atoms with E-state index in [-0.39, 0.29) is 0 Å². The fraction of sp³-hybridized carbons (Fsp3) is 1.00. The van der Waals surface area contributed by atoms with E-state index in [4.69, 9.17) is 4.74 Å². The van der Waals surface area contributed by atoms with Gasteiger partial charge in [0.15, 0.2) is 0 Å². The smallest absolute Gasteiger partial charge is 0.0579 e. The van der Waals surface area contributed by atoms with Crippen molar-refractivity contribution >= 4 is 0 Å². The average molecular weight is 225 g/mol. The van der Waals surface area contributed by atoms with Gasteiger partial charge in [-0.2, -0.15) is 0 Å². The third kappa shape index (κ3) is 2.60. The summed E-state index contributed by atoms with van der Waals surface area (Å²) in [5.74, 6) is 0. The molecule has 0 N–H and O–H groups in total. The maximum atomic E-state index is 5.91. The first-order valence-electron chi connectivity index (χ1n) is 6.90. The highest BCUT2D eigenvalue weighted by atomic mass is 16.5. The molecule has 1 aliphatic heterocycles. The first kappa shape index (κ1) is 12.4. The lowest BCUT2D eigenvalue weighted by atomic mass is 9.67. The van der Waals surface area contributed by atoms with Crippen LogP contribution in [0.3, 0.4) is 0 Å². The summed E-state index contributed by atoms with van der Waals surface area (Å²) in [6.07, 6.45) is 6.27. The van der Waals surface area contributed by atoms with Crippen molar-refractivity contribution in [3.8, 4) is 0 Å². The van der Waals surface area contributed by atoms with Gasteiger partial charge in [-0.05, 0) is 58.8 Å². The lowest BCUT2D eigenvalue weighted by Crippen LogP contribution is -2.60. The number of likely N-dealkylation sites (tertiary alicyclic amines) is 1. The molecule has 1 saturated heterocycles. The quantitative estimate of drug-likeness (QED) is 0.732. The minimum atomic E-state index is 0.396. The SMILES string of the molecule is CC(C)OC1CCC2(CC1)CN(C(C)C)C2. The topological polar surface area (TPSA) is 12.5 Å². The van der Waals surface area contributed by atoms with Crippen LogP contribution in [0, 0.1) is 5.41 Å². The molecule has 0 aromatic rings. The van der Waals surface area contributed by atoms with Crippen molar-refractivity contribution in [2.24, 2.45) is 5.41 Å². The molecule has 2 fully saturated rings. The predicted octanol–water partition coefficient (Wildman–Crippen LogP) is 3.06. The Balaban J connectivity index is 1.74. The van der Waals surface area contributed by atoms with E-state index in [1.54, 1.807) is 0 Å². The molecule has 16 heavy (non-hydrogen) atoms. The van der Waals surface area contributed by atoms with E-state index in [0.717, 1.165) is 6.04 Å². The summed E-state index contributed by atoms with van der Waals surface area (Å²) < 4.78 is 5.91. The lowest BCUT2D eigenvalue weighted by molar-refractivity contribution is -0.0922. The van der Waals surface area contributed by atoms with Gasteiger partial charge in [-0.3, -0.25) is 4.90 Å². The minimum absolute atomic E-state index is 0.396. The van der Waals surface area contributed by atoms with Crippen LogP contribution < -0.4 is 0 Å². The number of nitrogens with zero attached hydrogens (tertiary/aromatic N) is 1. The number of hydrogen-bond donors (Lipinski definition) is 0. The number of ether oxygens (including phenoxy) is 1. The monoisotopic (exact) mass is 225 g/mol. The summed E-state index contributed by atoms with van der Waals surface area (Å²) >= 11 is 0. The minimum Gasteiger partial charge on any atom is -0.376 e. The molecule has 2 aliphatic rings. The molecule has 94 valence electrons. The van der Waals surface area contributed by atoms with Gasteiger partial charge >= 0.3 is 0 Å². The van der Waals surface area contributed by atoms with Gasteiger partial charge in [0.05, 0.1) is 12.2 Å². The van der Waals surface area contributed by atoms with Crippen molar-refractivity contribution in [3.05, 3.63) is 0 Å². The van der Waals surface area contributed by atoms with Crippen LogP contribution in [0.5, 0.6) is 0 Å². The lowest BCUT2D eigenvalue weighted by Gasteiger charge is -2.55. The molecule has 0 aromatic carbocycles. The van der Waals surface area contributed by atoms with Gasteiger partial charge in [0, 0.05) is 19.1 Å². The van der Waals surface area contributed by atoms with Crippen LogP contribution in [-0.4, -0.2) is 36.2 Å². The molecular weight excluding hydrogens is 198 g/mol. The van der Waals surface area contributed by atoms with Crippen LogP contribution in [0.15, 0.2) is 0 Å². The second-order valence-corrected chi connectivity index (χ2v) is 6.38. The zero-order chi connectivity index (χ0) is 11.8. The summed E-state index contributed by atoms with van der Waals surface area (Å²) in [4.78, 5) is 2.60. The maximum Gasteiger partial charge on any atom is 0.0579 e. The van der Waals surface area contributed by atoms with Gasteiger partial charge in [-0.1, -0.05) is 0 Å². The fourth-order valence-electron chi connectivity index (χ4n) is 3.22. The Kier molecular flexibility index (Phi) is 3.60. The second kappa shape index (κ2) is 4.66. The molecular formula is C14H27NO. The maximum absolute atomic E-state index is 5.91. The second-order valence-electron chi connectivity index (χ2n) is 6.38. The van der Waals surface area contributed by atoms with Crippen LogP contribution >= 0.6 is 0 Å². The molecule has 0 radical (unpaired) electrons. The van der Waals surface area contributed by atoms with Gasteiger partial charge in [0.2, 0.25) is 0 Å². The van der Waals surface area contributed by atoms with E-state index in [1.165, 1.54) is 38.8 Å². The van der Waals surface area contributed by atoms with E-state index >= 15 is 0 Å². The molecule has 1 heterocycles. The Morgan fingerprint density at radius 1 is 1.06 bits per heavy atom. The molecule has 0 aromatic heterocycles. The van der Waals surface area contributed by atoms with Crippen LogP contribution in [0.1, 0.15) is 53.4 Å². The number of hydrogen-bond acceptors (Lipinski definition) is 2. The summed E-state index contributed by atoms with van der Waals surface area (Å²) in [5, 5.41) is 0. The van der Waals surface area contributed by atoms with Gasteiger partial charge < -0.3 is 4.74 Å². The third-order valence-electron chi connectivity index (χ3n) is 4.27. The van der Waals surface area contributed by atoms with E-state index in [2.05, 4.69) is 32.6 Å². The fourth-order valence-corrected chi connectivity index (χ4v) is 3.22. The molecule has 0 amide bonds. The Morgan fingerprint density at radius 2 is 1.62 bits per heavy atom. The van der Waals surface area contributed by atoms with Gasteiger partial charge in [-0.25, -0.2) is 0 Å². The Bertz CT molecular complexity index is 221. The zero-order valence-electron chi connectivity index (χ0n) is 11.3. The molecule has 1 spiro atoms. The Labute approximate surface area is 100 Å². The molecule has 2 nitrogen and oxygen atoms in total. The summed E-state index contributed by atoms with van der Waals surface area (Å²) in [6, 6.07) is 0.732. The Morgan fingerprint density at radius 3 is 2.06 bits per heavy atom. The van der Waals surface area contributed by atoms with E-state index < -0.39 is 0 Å². The largest absolute Gasteiger partial charge is 0.376 e. The average Bonchev–Trinajstić information content (AvgIpc) is 2.14. The summed E-state index contributed by atoms with van der Waals surface area (Å²) in [5.41, 5.74) is 0.668. The molecule has 0 bridgehead atoms. The van der Waals surface area contributed by atoms with E-state index in [0.29, 0.717) is 17.6 Å². The first-order valence-corrected chi connectivity index (χ1v) is 6.90. The molecule has 1 saturated carbocycles. The van der Waals surface area contributed by atoms with Crippen LogP contribution in [0.2, 0.25) is 0 Å². The first-order chi connectivity index (χ1) is 7.51. The third-order valence-corrected chi connectivity index (χ3v) is 4.27. The standard InChI is InChI=1S/C14H27NO/c1-11(2)15-9-14(10-15)7-5-13(6-8-14)16-12(3)4/h11-13H,5-10H2,1-4H3. The summed E-state index contributed by atoms with van der Waals surface area (Å²) in [6.45, 7) is 11.6. The van der Waals surface area contributed by atoms with Gasteiger partial charge in [0.25, 0.3) is 0 Å². The number of rotatable bonds is 3. The summed E-state index contributed by atoms with van der Waals surface area (Å²) in [7, 11) is 0. The van der Waals surface area contributed by atoms with Crippen LogP contribution in [0.4, 0.5) is 0 Å². The highest BCUT2D eigenvalue weighted by Gasteiger charge is 2.45. The van der Waals surface area contributed by atoms with Crippen LogP contribution in [-0.2, 0) is 4.74 Å². The van der Waals surface area contributed by atoms with E-state index in [1.807, 2.05) is 0 Å². The molecule has 0 unspecified atom stereocenters. The van der Waals surface area contributed by atoms with Crippen molar-refractivity contribution < 1.29 is 4.74 Å². The predicted molar refractivity (Wildman–Crippen MR) is 67.6 cm³/mol. The zero-order valence-corrected chi connectivity index (χ0v) is 11.3. The molecule has 2 heteroatoms. The van der Waals surface area contributed by atoms with Crippen LogP contribution in [0.25, 0.3) is 0 Å². The highest BCUT2D eigenvalue weighted by molar-refractivity contribution is 4.99. The van der Waals surface area contributed by atoms with Crippen molar-refractivity contribution in [2.45, 2.75) is 71.6 Å². The van der Waals surface area contributed by atoms with Crippen molar-refractivity contribution in [1.82, 2.24) is 4.90 Å². The van der Waals surface area contributed by atoms with Crippen molar-refractivity contribution in [2.75, 3.05) is 13.1 Å². The molecule has 0 atom stereocenters. The van der Waals surface area contributed by atoms with Gasteiger partial charge in [-0.15, -0.1) is 0 Å². The Hall–Kier alpha value is -0.0800. The van der Waals surface area contributed by atoms with E-state index in [9.17, 15) is 0 Å². The van der Waals surface area contributed by atoms with Crippen molar-refractivity contribution in [1.29, 1.82) is 0 Å². The molecule has 2 rings (SSSR count).